The molecule has 1 aliphatic rings. The van der Waals surface area contributed by atoms with Crippen LogP contribution in [-0.2, 0) is 14.0 Å². The first kappa shape index (κ1) is 16.9. The van der Waals surface area contributed by atoms with Crippen LogP contribution in [0.25, 0.3) is 0 Å². The Hall–Kier alpha value is -0.179. The minimum Gasteiger partial charge on any atom is -0.462 e. The highest BCUT2D eigenvalue weighted by atomic mass is 29.6. The first-order valence-electron chi connectivity index (χ1n) is 7.14. The molecule has 1 aliphatic heterocycles. The molecule has 0 amide bonds. The second-order valence-corrected chi connectivity index (χ2v) is 30.0. The Morgan fingerprint density at radius 2 is 2.11 bits per heavy atom. The van der Waals surface area contributed by atoms with Gasteiger partial charge >= 0.3 is 5.97 Å². The Bertz CT molecular complexity index is 357. The van der Waals surface area contributed by atoms with Crippen LogP contribution in [0.4, 0.5) is 0 Å². The molecule has 0 N–H and O–H groups in total. The average Bonchev–Trinajstić information content (AvgIpc) is 2.20. The van der Waals surface area contributed by atoms with Crippen LogP contribution >= 0.6 is 0 Å². The van der Waals surface area contributed by atoms with Crippen molar-refractivity contribution in [2.24, 2.45) is 0 Å². The van der Waals surface area contributed by atoms with E-state index in [0.717, 1.165) is 6.42 Å². The maximum atomic E-state index is 11.3. The van der Waals surface area contributed by atoms with Crippen molar-refractivity contribution in [3.8, 4) is 0 Å². The minimum absolute atomic E-state index is 0.0433. The Kier molecular flexibility index (Phi) is 5.79. The van der Waals surface area contributed by atoms with E-state index in [4.69, 9.17) is 9.16 Å². The lowest BCUT2D eigenvalue weighted by Gasteiger charge is -2.43. The molecule has 3 nitrogen and oxygen atoms in total. The molecule has 110 valence electrons. The van der Waals surface area contributed by atoms with E-state index >= 15 is 0 Å². The van der Waals surface area contributed by atoms with Gasteiger partial charge in [0.05, 0.1) is 6.61 Å². The third-order valence-electron chi connectivity index (χ3n) is 3.66. The largest absolute Gasteiger partial charge is 0.462 e. The van der Waals surface area contributed by atoms with E-state index < -0.39 is 15.4 Å². The van der Waals surface area contributed by atoms with E-state index in [9.17, 15) is 4.79 Å². The molecule has 0 aromatic rings. The maximum Gasteiger partial charge on any atom is 0.333 e. The molecule has 2 unspecified atom stereocenters. The number of hydrogen-bond acceptors (Lipinski definition) is 3. The molecule has 1 fully saturated rings. The van der Waals surface area contributed by atoms with Crippen molar-refractivity contribution in [1.29, 1.82) is 0 Å². The average molecular weight is 317 g/mol. The lowest BCUT2D eigenvalue weighted by molar-refractivity contribution is -0.138. The number of rotatable bonds is 5. The zero-order valence-electron chi connectivity index (χ0n) is 13.0. The van der Waals surface area contributed by atoms with Crippen molar-refractivity contribution in [3.05, 3.63) is 12.2 Å². The molecular formula is C13H28O3Si3. The number of carbonyl (C=O) groups is 1. The molecule has 0 spiro atoms. The van der Waals surface area contributed by atoms with Gasteiger partial charge in [-0.05, 0) is 39.4 Å². The van der Waals surface area contributed by atoms with Crippen molar-refractivity contribution in [2.75, 3.05) is 6.61 Å². The molecule has 1 rings (SSSR count). The summed E-state index contributed by atoms with van der Waals surface area (Å²) in [5, 5.41) is 0. The monoisotopic (exact) mass is 316 g/mol. The van der Waals surface area contributed by atoms with Gasteiger partial charge in [0.2, 0.25) is 0 Å². The van der Waals surface area contributed by atoms with Crippen LogP contribution in [-0.4, -0.2) is 42.7 Å². The SMILES string of the molecule is C=C(C)C(=O)OCCC[Si]1(C)CC(C)O[Si](C)(C)[SiH2]1. The number of ether oxygens (including phenoxy) is 1. The molecule has 0 aliphatic carbocycles. The Labute approximate surface area is 121 Å². The maximum absolute atomic E-state index is 11.3. The van der Waals surface area contributed by atoms with Gasteiger partial charge in [-0.25, -0.2) is 4.79 Å². The zero-order valence-corrected chi connectivity index (χ0v) is 16.5. The highest BCUT2D eigenvalue weighted by Crippen LogP contribution is 2.29. The number of esters is 1. The third kappa shape index (κ3) is 5.76. The summed E-state index contributed by atoms with van der Waals surface area (Å²) in [4.78, 5) is 11.3. The fourth-order valence-electron chi connectivity index (χ4n) is 3.40. The van der Waals surface area contributed by atoms with Gasteiger partial charge in [-0.15, -0.1) is 0 Å². The predicted molar refractivity (Wildman–Crippen MR) is 88.2 cm³/mol. The quantitative estimate of drug-likeness (QED) is 0.338. The predicted octanol–water partition coefficient (Wildman–Crippen LogP) is 2.36. The summed E-state index contributed by atoms with van der Waals surface area (Å²) in [6, 6.07) is 2.61. The zero-order chi connectivity index (χ0) is 14.7. The first-order chi connectivity index (χ1) is 8.64. The van der Waals surface area contributed by atoms with E-state index in [1.807, 2.05) is 0 Å². The molecule has 0 aromatic heterocycles. The van der Waals surface area contributed by atoms with E-state index in [-0.39, 0.29) is 14.5 Å². The molecule has 19 heavy (non-hydrogen) atoms. The smallest absolute Gasteiger partial charge is 0.333 e. The van der Waals surface area contributed by atoms with Gasteiger partial charge in [0, 0.05) is 27.8 Å². The Morgan fingerprint density at radius 3 is 2.63 bits per heavy atom. The van der Waals surface area contributed by atoms with Gasteiger partial charge in [0.25, 0.3) is 0 Å². The lowest BCUT2D eigenvalue weighted by atomic mass is 10.4. The molecule has 6 heteroatoms. The summed E-state index contributed by atoms with van der Waals surface area (Å²) in [6.45, 7) is 15.4. The van der Waals surface area contributed by atoms with E-state index in [2.05, 4.69) is 33.1 Å². The van der Waals surface area contributed by atoms with Crippen molar-refractivity contribution in [2.45, 2.75) is 58.1 Å². The van der Waals surface area contributed by atoms with Crippen LogP contribution in [0.2, 0.25) is 31.7 Å². The van der Waals surface area contributed by atoms with Crippen LogP contribution < -0.4 is 0 Å². The van der Waals surface area contributed by atoms with Crippen molar-refractivity contribution in [1.82, 2.24) is 0 Å². The standard InChI is InChI=1S/C13H28O3Si3/c1-11(2)13(14)15-8-7-9-19(6)10-12(3)16-18(4,5)17-19/h12H,1,7-10,17H2,2-6H3. The Balaban J connectivity index is 2.39. The van der Waals surface area contributed by atoms with Crippen LogP contribution in [0.3, 0.4) is 0 Å². The minimum atomic E-state index is -1.31. The van der Waals surface area contributed by atoms with Gasteiger partial charge in [0.1, 0.15) is 0 Å². The molecule has 0 bridgehead atoms. The second-order valence-electron chi connectivity index (χ2n) is 6.90. The fraction of sp³-hybridized carbons (Fsp3) is 0.769. The Morgan fingerprint density at radius 1 is 1.47 bits per heavy atom. The molecule has 2 atom stereocenters. The summed E-state index contributed by atoms with van der Waals surface area (Å²) < 4.78 is 11.4. The molecule has 1 saturated heterocycles. The molecule has 0 saturated carbocycles. The van der Waals surface area contributed by atoms with E-state index in [1.54, 1.807) is 6.92 Å². The normalized spacial score (nSPS) is 31.1. The molecule has 0 radical (unpaired) electrons. The lowest BCUT2D eigenvalue weighted by Crippen LogP contribution is -2.61. The number of carbonyl (C=O) groups excluding carboxylic acids is 1. The van der Waals surface area contributed by atoms with Gasteiger partial charge < -0.3 is 9.16 Å². The van der Waals surface area contributed by atoms with Gasteiger partial charge in [-0.3, -0.25) is 0 Å². The van der Waals surface area contributed by atoms with Crippen molar-refractivity contribution >= 4 is 30.0 Å². The first-order valence-corrected chi connectivity index (χ1v) is 17.6. The summed E-state index contributed by atoms with van der Waals surface area (Å²) in [5.41, 5.74) is 0.492. The van der Waals surface area contributed by atoms with Crippen LogP contribution in [0.5, 0.6) is 0 Å². The van der Waals surface area contributed by atoms with Gasteiger partial charge in [-0.2, -0.15) is 0 Å². The highest BCUT2D eigenvalue weighted by molar-refractivity contribution is 7.51. The third-order valence-corrected chi connectivity index (χ3v) is 32.4. The summed E-state index contributed by atoms with van der Waals surface area (Å²) in [5.74, 6) is -0.251. The van der Waals surface area contributed by atoms with Crippen LogP contribution in [0.15, 0.2) is 12.2 Å². The molecular weight excluding hydrogens is 288 g/mol. The molecule has 1 heterocycles. The summed E-state index contributed by atoms with van der Waals surface area (Å²) >= 11 is 0. The highest BCUT2D eigenvalue weighted by Gasteiger charge is 2.43. The van der Waals surface area contributed by atoms with Gasteiger partial charge in [-0.1, -0.05) is 19.2 Å². The second kappa shape index (κ2) is 6.51. The summed E-state index contributed by atoms with van der Waals surface area (Å²) in [6.07, 6.45) is 1.48. The van der Waals surface area contributed by atoms with Crippen molar-refractivity contribution < 1.29 is 14.0 Å². The topological polar surface area (TPSA) is 35.5 Å². The van der Waals surface area contributed by atoms with Gasteiger partial charge in [0.15, 0.2) is 7.83 Å². The summed E-state index contributed by atoms with van der Waals surface area (Å²) in [7, 11) is -2.43. The van der Waals surface area contributed by atoms with Crippen LogP contribution in [0, 0.1) is 0 Å². The number of hydrogen-bond donors (Lipinski definition) is 0. The van der Waals surface area contributed by atoms with E-state index in [1.165, 1.54) is 12.1 Å². The molecule has 0 aromatic carbocycles. The van der Waals surface area contributed by atoms with Crippen molar-refractivity contribution in [3.63, 3.8) is 0 Å². The fourth-order valence-corrected chi connectivity index (χ4v) is 42.2. The van der Waals surface area contributed by atoms with Crippen LogP contribution in [0.1, 0.15) is 20.3 Å². The van der Waals surface area contributed by atoms with E-state index in [0.29, 0.717) is 18.3 Å².